The van der Waals surface area contributed by atoms with Crippen molar-refractivity contribution in [2.24, 2.45) is 0 Å². The second-order valence-corrected chi connectivity index (χ2v) is 15.7. The van der Waals surface area contributed by atoms with Gasteiger partial charge >= 0.3 is 11.9 Å². The number of hydrogen-bond donors (Lipinski definition) is 1. The summed E-state index contributed by atoms with van der Waals surface area (Å²) in [4.78, 5) is 25.3. The molecule has 1 aromatic carbocycles. The maximum atomic E-state index is 13.0. The fourth-order valence-electron chi connectivity index (χ4n) is 6.31. The summed E-state index contributed by atoms with van der Waals surface area (Å²) in [5.41, 5.74) is -0.680. The molecule has 0 bridgehead atoms. The van der Waals surface area contributed by atoms with E-state index in [4.69, 9.17) is 9.47 Å². The van der Waals surface area contributed by atoms with Gasteiger partial charge in [-0.05, 0) is 76.3 Å². The van der Waals surface area contributed by atoms with Crippen LogP contribution in [0.25, 0.3) is 0 Å². The summed E-state index contributed by atoms with van der Waals surface area (Å²) in [6, 6.07) is 3.75. The SMILES string of the molecule is CCCCC/C=C/CCCCCCCCCCCOC(=O)c1cccc(S(=O)(=O)O)c1C(=O)OCCCCCCCCCCC/C=C/CCCCC. The number of carbonyl (C=O) groups is 2. The molecule has 0 atom stereocenters. The summed E-state index contributed by atoms with van der Waals surface area (Å²) in [7, 11) is -4.76. The van der Waals surface area contributed by atoms with Gasteiger partial charge in [0.05, 0.1) is 24.3 Å². The second-order valence-electron chi connectivity index (χ2n) is 14.3. The Labute approximate surface area is 318 Å². The molecular formula is C44H74O7S. The van der Waals surface area contributed by atoms with Crippen LogP contribution < -0.4 is 0 Å². The fourth-order valence-corrected chi connectivity index (χ4v) is 7.01. The van der Waals surface area contributed by atoms with Crippen molar-refractivity contribution in [3.63, 3.8) is 0 Å². The zero-order chi connectivity index (χ0) is 38.0. The van der Waals surface area contributed by atoms with Gasteiger partial charge < -0.3 is 9.47 Å². The quantitative estimate of drug-likeness (QED) is 0.0319. The lowest BCUT2D eigenvalue weighted by atomic mass is 10.1. The molecule has 8 heteroatoms. The molecule has 0 spiro atoms. The third-order valence-electron chi connectivity index (χ3n) is 9.51. The molecule has 52 heavy (non-hydrogen) atoms. The molecule has 0 aliphatic carbocycles. The number of rotatable bonds is 35. The molecule has 0 amide bonds. The van der Waals surface area contributed by atoms with Gasteiger partial charge in [-0.25, -0.2) is 9.59 Å². The molecule has 1 rings (SSSR count). The van der Waals surface area contributed by atoms with Crippen molar-refractivity contribution in [2.75, 3.05) is 13.2 Å². The molecule has 0 fully saturated rings. The first-order chi connectivity index (χ1) is 25.3. The Bertz CT molecular complexity index is 1200. The molecule has 1 N–H and O–H groups in total. The summed E-state index contributed by atoms with van der Waals surface area (Å²) >= 11 is 0. The van der Waals surface area contributed by atoms with E-state index in [0.29, 0.717) is 12.8 Å². The maximum Gasteiger partial charge on any atom is 0.340 e. The third-order valence-corrected chi connectivity index (χ3v) is 10.4. The molecule has 0 radical (unpaired) electrons. The number of esters is 2. The van der Waals surface area contributed by atoms with Gasteiger partial charge in [0.25, 0.3) is 10.1 Å². The number of hydrogen-bond acceptors (Lipinski definition) is 6. The summed E-state index contributed by atoms with van der Waals surface area (Å²) in [5, 5.41) is 0. The van der Waals surface area contributed by atoms with Crippen molar-refractivity contribution >= 4 is 22.1 Å². The zero-order valence-corrected chi connectivity index (χ0v) is 33.9. The van der Waals surface area contributed by atoms with Gasteiger partial charge in [0, 0.05) is 0 Å². The molecule has 0 aliphatic heterocycles. The minimum atomic E-state index is -4.76. The van der Waals surface area contributed by atoms with Crippen molar-refractivity contribution < 1.29 is 32.0 Å². The van der Waals surface area contributed by atoms with Gasteiger partial charge in [-0.3, -0.25) is 4.55 Å². The van der Waals surface area contributed by atoms with Crippen LogP contribution in [0.4, 0.5) is 0 Å². The number of allylic oxidation sites excluding steroid dienone is 4. The van der Waals surface area contributed by atoms with Crippen LogP contribution >= 0.6 is 0 Å². The fraction of sp³-hybridized carbons (Fsp3) is 0.727. The Balaban J connectivity index is 2.26. The Kier molecular flexibility index (Phi) is 30.3. The molecule has 298 valence electrons. The van der Waals surface area contributed by atoms with E-state index in [0.717, 1.165) is 44.6 Å². The number of carbonyl (C=O) groups excluding carboxylic acids is 2. The summed E-state index contributed by atoms with van der Waals surface area (Å²) in [5.74, 6) is -1.75. The molecule has 0 saturated carbocycles. The molecule has 7 nitrogen and oxygen atoms in total. The number of benzene rings is 1. The minimum absolute atomic E-state index is 0.107. The van der Waals surface area contributed by atoms with Crippen molar-refractivity contribution in [1.82, 2.24) is 0 Å². The predicted molar refractivity (Wildman–Crippen MR) is 216 cm³/mol. The lowest BCUT2D eigenvalue weighted by Gasteiger charge is -2.13. The zero-order valence-electron chi connectivity index (χ0n) is 33.1. The van der Waals surface area contributed by atoms with Gasteiger partial charge in [-0.2, -0.15) is 8.42 Å². The van der Waals surface area contributed by atoms with Crippen molar-refractivity contribution in [2.45, 2.75) is 199 Å². The third kappa shape index (κ3) is 25.5. The van der Waals surface area contributed by atoms with Gasteiger partial charge in [0.2, 0.25) is 0 Å². The van der Waals surface area contributed by atoms with Gasteiger partial charge in [-0.1, -0.05) is 160 Å². The predicted octanol–water partition coefficient (Wildman–Crippen LogP) is 13.3. The molecule has 0 unspecified atom stereocenters. The van der Waals surface area contributed by atoms with Crippen LogP contribution in [0.15, 0.2) is 47.4 Å². The molecule has 0 saturated heterocycles. The second kappa shape index (κ2) is 33.1. The van der Waals surface area contributed by atoms with Crippen molar-refractivity contribution in [3.05, 3.63) is 53.6 Å². The van der Waals surface area contributed by atoms with Crippen molar-refractivity contribution in [1.29, 1.82) is 0 Å². The Morgan fingerprint density at radius 3 is 1.25 bits per heavy atom. The first-order valence-electron chi connectivity index (χ1n) is 21.1. The first kappa shape index (κ1) is 47.6. The van der Waals surface area contributed by atoms with Gasteiger partial charge in [-0.15, -0.1) is 0 Å². The topological polar surface area (TPSA) is 107 Å². The number of ether oxygens (including phenoxy) is 2. The van der Waals surface area contributed by atoms with E-state index in [1.54, 1.807) is 0 Å². The van der Waals surface area contributed by atoms with Gasteiger partial charge in [0.1, 0.15) is 4.90 Å². The van der Waals surface area contributed by atoms with Crippen LogP contribution in [0.2, 0.25) is 0 Å². The molecule has 0 heterocycles. The highest BCUT2D eigenvalue weighted by atomic mass is 32.2. The maximum absolute atomic E-state index is 13.0. The minimum Gasteiger partial charge on any atom is -0.462 e. The number of unbranched alkanes of at least 4 members (excludes halogenated alkanes) is 24. The average molecular weight is 747 g/mol. The van der Waals surface area contributed by atoms with Crippen LogP contribution in [0.5, 0.6) is 0 Å². The highest BCUT2D eigenvalue weighted by molar-refractivity contribution is 7.86. The van der Waals surface area contributed by atoms with Crippen LogP contribution in [-0.2, 0) is 19.6 Å². The molecule has 0 aromatic heterocycles. The average Bonchev–Trinajstić information content (AvgIpc) is 3.13. The van der Waals surface area contributed by atoms with Crippen LogP contribution in [-0.4, -0.2) is 38.1 Å². The van der Waals surface area contributed by atoms with E-state index in [-0.39, 0.29) is 18.8 Å². The van der Waals surface area contributed by atoms with E-state index >= 15 is 0 Å². The molecular weight excluding hydrogens is 673 g/mol. The Hall–Kier alpha value is -2.45. The van der Waals surface area contributed by atoms with Crippen LogP contribution in [0, 0.1) is 0 Å². The summed E-state index contributed by atoms with van der Waals surface area (Å²) in [6.07, 6.45) is 41.9. The Morgan fingerprint density at radius 1 is 0.519 bits per heavy atom. The van der Waals surface area contributed by atoms with E-state index < -0.39 is 32.5 Å². The smallest absolute Gasteiger partial charge is 0.340 e. The monoisotopic (exact) mass is 747 g/mol. The van der Waals surface area contributed by atoms with Crippen LogP contribution in [0.3, 0.4) is 0 Å². The lowest BCUT2D eigenvalue weighted by Crippen LogP contribution is -2.19. The van der Waals surface area contributed by atoms with Crippen molar-refractivity contribution in [3.8, 4) is 0 Å². The first-order valence-corrected chi connectivity index (χ1v) is 22.5. The highest BCUT2D eigenvalue weighted by Crippen LogP contribution is 2.23. The molecule has 0 aliphatic rings. The Morgan fingerprint density at radius 2 is 0.865 bits per heavy atom. The lowest BCUT2D eigenvalue weighted by molar-refractivity contribution is 0.0446. The molecule has 1 aromatic rings. The van der Waals surface area contributed by atoms with E-state index in [9.17, 15) is 22.6 Å². The van der Waals surface area contributed by atoms with E-state index in [2.05, 4.69) is 38.2 Å². The van der Waals surface area contributed by atoms with E-state index in [1.807, 2.05) is 0 Å². The largest absolute Gasteiger partial charge is 0.462 e. The standard InChI is InChI=1S/C44H74O7S/c1-3-5-7-9-11-13-15-17-19-21-23-25-27-29-31-33-38-50-43(45)40-36-35-37-41(52(47,48)49)42(40)44(46)51-39-34-32-30-28-26-24-22-20-18-16-14-12-10-8-6-4-2/h11-14,35-37H,3-10,15-34,38-39H2,1-2H3,(H,47,48,49)/b13-11+,14-12+. The summed E-state index contributed by atoms with van der Waals surface area (Å²) < 4.78 is 44.7. The van der Waals surface area contributed by atoms with E-state index in [1.165, 1.54) is 141 Å². The highest BCUT2D eigenvalue weighted by Gasteiger charge is 2.28. The van der Waals surface area contributed by atoms with Gasteiger partial charge in [0.15, 0.2) is 0 Å². The van der Waals surface area contributed by atoms with Crippen LogP contribution in [0.1, 0.15) is 214 Å². The summed E-state index contributed by atoms with van der Waals surface area (Å²) in [6.45, 7) is 4.75. The normalized spacial score (nSPS) is 11.9.